The fourth-order valence-electron chi connectivity index (χ4n) is 3.13. The Kier molecular flexibility index (Phi) is 11.6. The summed E-state index contributed by atoms with van der Waals surface area (Å²) in [6, 6.07) is 13.5. The van der Waals surface area contributed by atoms with E-state index in [0.717, 1.165) is 12.5 Å². The number of aliphatic carboxylic acids is 1. The summed E-state index contributed by atoms with van der Waals surface area (Å²) in [7, 11) is 3.16. The summed E-state index contributed by atoms with van der Waals surface area (Å²) < 4.78 is 10.7. The van der Waals surface area contributed by atoms with E-state index in [1.165, 1.54) is 0 Å². The quantitative estimate of drug-likeness (QED) is 0.0931. The van der Waals surface area contributed by atoms with Crippen molar-refractivity contribution in [1.82, 2.24) is 15.4 Å². The van der Waals surface area contributed by atoms with Gasteiger partial charge in [0.15, 0.2) is 5.84 Å². The van der Waals surface area contributed by atoms with Crippen LogP contribution in [0.5, 0.6) is 5.75 Å². The van der Waals surface area contributed by atoms with E-state index in [1.54, 1.807) is 56.9 Å². The molecule has 0 radical (unpaired) electrons. The molecule has 0 aliphatic heterocycles. The van der Waals surface area contributed by atoms with Crippen molar-refractivity contribution in [2.75, 3.05) is 25.0 Å². The van der Waals surface area contributed by atoms with Crippen molar-refractivity contribution in [3.8, 4) is 5.75 Å². The van der Waals surface area contributed by atoms with Crippen LogP contribution in [0.15, 0.2) is 71.3 Å². The molecular formula is C24H29N9O5. The molecule has 3 aromatic rings. The molecule has 1 heterocycles. The molecule has 14 nitrogen and oxygen atoms in total. The number of hydrogen-bond donors (Lipinski definition) is 6. The normalized spacial score (nSPS) is 11.3. The Morgan fingerprint density at radius 1 is 1.16 bits per heavy atom. The standard InChI is InChI=1S/C22H25N9O3.C2H4O2/c1-33-13-14-10-16(12-18(11-14)34-2)19(27-17-6-4-15(5-7-17)20(23)24)21(29-31-32)28-30-22-25-8-3-9-26-22;1-2(3)4/h3-12,19,27H,13H2,1-2H3,(H3,23,24)(H,25,26,30)(H,28,29,32);1H3,(H,3,4). The van der Waals surface area contributed by atoms with Gasteiger partial charge in [-0.2, -0.15) is 0 Å². The van der Waals surface area contributed by atoms with E-state index in [1.807, 2.05) is 18.2 Å². The smallest absolute Gasteiger partial charge is 0.300 e. The number of carboxylic acid groups (broad SMARTS) is 1. The number of carbonyl (C=O) groups is 1. The molecule has 0 saturated heterocycles. The van der Waals surface area contributed by atoms with Gasteiger partial charge in [-0.3, -0.25) is 21.1 Å². The third-order valence-electron chi connectivity index (χ3n) is 4.67. The predicted octanol–water partition coefficient (Wildman–Crippen LogP) is 2.86. The number of carboxylic acids is 1. The van der Waals surface area contributed by atoms with Crippen LogP contribution in [0, 0.1) is 10.3 Å². The molecule has 0 aliphatic rings. The number of hydrazine groups is 1. The minimum Gasteiger partial charge on any atom is -0.497 e. The fraction of sp³-hybridized carbons (Fsp3) is 0.208. The Morgan fingerprint density at radius 2 is 1.82 bits per heavy atom. The van der Waals surface area contributed by atoms with Gasteiger partial charge in [-0.15, -0.1) is 4.91 Å². The second-order valence-electron chi connectivity index (χ2n) is 7.52. The molecule has 0 spiro atoms. The highest BCUT2D eigenvalue weighted by molar-refractivity contribution is 5.95. The van der Waals surface area contributed by atoms with Gasteiger partial charge in [-0.1, -0.05) is 11.2 Å². The highest BCUT2D eigenvalue weighted by Gasteiger charge is 2.22. The largest absolute Gasteiger partial charge is 0.497 e. The molecule has 1 unspecified atom stereocenters. The molecule has 0 fully saturated rings. The van der Waals surface area contributed by atoms with Gasteiger partial charge in [-0.05, 0) is 53.6 Å². The van der Waals surface area contributed by atoms with Crippen LogP contribution in [0.1, 0.15) is 29.7 Å². The second kappa shape index (κ2) is 15.1. The van der Waals surface area contributed by atoms with Crippen LogP contribution in [0.2, 0.25) is 0 Å². The maximum absolute atomic E-state index is 11.2. The van der Waals surface area contributed by atoms with E-state index >= 15 is 0 Å². The molecule has 0 aliphatic carbocycles. The zero-order chi connectivity index (χ0) is 27.9. The van der Waals surface area contributed by atoms with Crippen LogP contribution in [-0.2, 0) is 16.1 Å². The molecule has 38 heavy (non-hydrogen) atoms. The Bertz CT molecular complexity index is 1230. The average Bonchev–Trinajstić information content (AvgIpc) is 2.90. The number of nitroso groups, excluding NO2 is 1. The van der Waals surface area contributed by atoms with Gasteiger partial charge in [0.25, 0.3) is 5.97 Å². The monoisotopic (exact) mass is 523 g/mol. The topological polar surface area (TPSA) is 209 Å². The van der Waals surface area contributed by atoms with Crippen molar-refractivity contribution >= 4 is 29.3 Å². The van der Waals surface area contributed by atoms with Crippen molar-refractivity contribution in [2.45, 2.75) is 19.6 Å². The summed E-state index contributed by atoms with van der Waals surface area (Å²) in [6.45, 7) is 1.44. The van der Waals surface area contributed by atoms with Gasteiger partial charge in [0, 0.05) is 37.7 Å². The first-order valence-corrected chi connectivity index (χ1v) is 11.0. The first-order valence-electron chi connectivity index (χ1n) is 11.0. The van der Waals surface area contributed by atoms with Gasteiger partial charge < -0.3 is 25.6 Å². The number of anilines is 2. The number of ether oxygens (including phenoxy) is 2. The molecule has 2 aromatic carbocycles. The Balaban J connectivity index is 0.00000118. The lowest BCUT2D eigenvalue weighted by Gasteiger charge is -2.24. The lowest BCUT2D eigenvalue weighted by Crippen LogP contribution is -2.38. The molecule has 200 valence electrons. The lowest BCUT2D eigenvalue weighted by atomic mass is 10.0. The maximum atomic E-state index is 11.2. The maximum Gasteiger partial charge on any atom is 0.300 e. The van der Waals surface area contributed by atoms with Gasteiger partial charge in [-0.25, -0.2) is 9.97 Å². The van der Waals surface area contributed by atoms with Crippen molar-refractivity contribution < 1.29 is 19.4 Å². The Hall–Kier alpha value is -5.11. The third-order valence-corrected chi connectivity index (χ3v) is 4.67. The van der Waals surface area contributed by atoms with E-state index < -0.39 is 12.0 Å². The SMILES string of the molecule is CC(=O)O.COCc1cc(OC)cc(C(Nc2ccc(C(=N)N)cc2)/C(=N/N=O)NNc2ncccn2)c1. The summed E-state index contributed by atoms with van der Waals surface area (Å²) in [5.41, 5.74) is 14.1. The van der Waals surface area contributed by atoms with Gasteiger partial charge in [0.1, 0.15) is 17.6 Å². The van der Waals surface area contributed by atoms with Crippen LogP contribution in [0.25, 0.3) is 0 Å². The number of nitrogens with two attached hydrogens (primary N) is 1. The molecule has 1 atom stereocenters. The van der Waals surface area contributed by atoms with Crippen LogP contribution >= 0.6 is 0 Å². The van der Waals surface area contributed by atoms with Crippen LogP contribution < -0.4 is 26.6 Å². The number of amidine groups is 2. The van der Waals surface area contributed by atoms with Gasteiger partial charge in [0.2, 0.25) is 5.95 Å². The first-order chi connectivity index (χ1) is 18.3. The van der Waals surface area contributed by atoms with Gasteiger partial charge in [0.05, 0.1) is 19.0 Å². The van der Waals surface area contributed by atoms with E-state index in [-0.39, 0.29) is 17.6 Å². The van der Waals surface area contributed by atoms with E-state index in [2.05, 4.69) is 36.5 Å². The third kappa shape index (κ3) is 9.50. The molecule has 0 amide bonds. The van der Waals surface area contributed by atoms with Crippen molar-refractivity contribution in [3.05, 3.63) is 82.5 Å². The summed E-state index contributed by atoms with van der Waals surface area (Å²) >= 11 is 0. The molecule has 3 rings (SSSR count). The number of nitrogens with one attached hydrogen (secondary N) is 4. The molecule has 14 heteroatoms. The number of nitrogen functional groups attached to an aromatic ring is 1. The molecule has 7 N–H and O–H groups in total. The van der Waals surface area contributed by atoms with Crippen molar-refractivity contribution in [2.24, 2.45) is 16.1 Å². The minimum atomic E-state index is -0.833. The zero-order valence-electron chi connectivity index (χ0n) is 21.0. The first kappa shape index (κ1) is 29.1. The Morgan fingerprint density at radius 3 is 2.37 bits per heavy atom. The molecule has 1 aromatic heterocycles. The Labute approximate surface area is 218 Å². The predicted molar refractivity (Wildman–Crippen MR) is 143 cm³/mol. The van der Waals surface area contributed by atoms with E-state index in [9.17, 15) is 4.91 Å². The molecular weight excluding hydrogens is 494 g/mol. The summed E-state index contributed by atoms with van der Waals surface area (Å²) in [5, 5.41) is 24.8. The number of benzene rings is 2. The van der Waals surface area contributed by atoms with E-state index in [4.69, 9.17) is 30.5 Å². The number of aromatic nitrogens is 2. The van der Waals surface area contributed by atoms with Crippen LogP contribution in [0.4, 0.5) is 11.6 Å². The molecule has 0 saturated carbocycles. The summed E-state index contributed by atoms with van der Waals surface area (Å²) in [4.78, 5) is 28.3. The number of hydrogen-bond acceptors (Lipinski definition) is 10. The zero-order valence-corrected chi connectivity index (χ0v) is 21.0. The highest BCUT2D eigenvalue weighted by atomic mass is 16.5. The summed E-state index contributed by atoms with van der Waals surface area (Å²) in [5.74, 6) is 0.147. The van der Waals surface area contributed by atoms with Gasteiger partial charge >= 0.3 is 0 Å². The number of methoxy groups -OCH3 is 2. The summed E-state index contributed by atoms with van der Waals surface area (Å²) in [6.07, 6.45) is 3.13. The van der Waals surface area contributed by atoms with Crippen LogP contribution in [0.3, 0.4) is 0 Å². The van der Waals surface area contributed by atoms with E-state index in [0.29, 0.717) is 29.2 Å². The second-order valence-corrected chi connectivity index (χ2v) is 7.52. The van der Waals surface area contributed by atoms with Crippen molar-refractivity contribution in [3.63, 3.8) is 0 Å². The fourth-order valence-corrected chi connectivity index (χ4v) is 3.13. The minimum absolute atomic E-state index is 0.0405. The highest BCUT2D eigenvalue weighted by Crippen LogP contribution is 2.27. The number of nitrogens with zero attached hydrogens (tertiary/aromatic N) is 4. The van der Waals surface area contributed by atoms with Crippen molar-refractivity contribution in [1.29, 1.82) is 5.41 Å². The van der Waals surface area contributed by atoms with Crippen LogP contribution in [-0.4, -0.2) is 46.9 Å². The lowest BCUT2D eigenvalue weighted by molar-refractivity contribution is -0.134. The molecule has 0 bridgehead atoms. The number of rotatable bonds is 11. The average molecular weight is 524 g/mol.